The molecule has 1 atom stereocenters. The van der Waals surface area contributed by atoms with Gasteiger partial charge in [-0.1, -0.05) is 12.7 Å². The van der Waals surface area contributed by atoms with E-state index in [-0.39, 0.29) is 0 Å². The smallest absolute Gasteiger partial charge is 0.0917 e. The summed E-state index contributed by atoms with van der Waals surface area (Å²) < 4.78 is 0.811. The molecule has 0 radical (unpaired) electrons. The van der Waals surface area contributed by atoms with E-state index in [1.807, 2.05) is 13.8 Å². The second-order valence-corrected chi connectivity index (χ2v) is 3.80. The topological polar surface area (TPSA) is 32.3 Å². The van der Waals surface area contributed by atoms with E-state index in [0.29, 0.717) is 6.04 Å². The van der Waals surface area contributed by atoms with Crippen LogP contribution in [0.3, 0.4) is 0 Å². The highest BCUT2D eigenvalue weighted by Gasteiger charge is 2.08. The molecule has 0 aliphatic rings. The first kappa shape index (κ1) is 11.7. The first-order valence-corrected chi connectivity index (χ1v) is 4.75. The fourth-order valence-electron chi connectivity index (χ4n) is 0.810. The zero-order chi connectivity index (χ0) is 9.72. The second-order valence-electron chi connectivity index (χ2n) is 2.94. The van der Waals surface area contributed by atoms with E-state index in [9.17, 15) is 5.11 Å². The fraction of sp³-hybridized carbons (Fsp3) is 0.556. The average molecular weight is 234 g/mol. The van der Waals surface area contributed by atoms with E-state index in [4.69, 9.17) is 0 Å². The van der Waals surface area contributed by atoms with Crippen LogP contribution >= 0.6 is 15.9 Å². The molecule has 0 saturated heterocycles. The van der Waals surface area contributed by atoms with Crippen LogP contribution in [0, 0.1) is 0 Å². The van der Waals surface area contributed by atoms with Crippen molar-refractivity contribution in [2.24, 2.45) is 0 Å². The molecule has 2 nitrogen and oxygen atoms in total. The number of aliphatic hydroxyl groups excluding tert-OH is 1. The Hall–Kier alpha value is -0.280. The quantitative estimate of drug-likeness (QED) is 0.730. The van der Waals surface area contributed by atoms with Crippen LogP contribution in [0.5, 0.6) is 0 Å². The molecule has 0 aromatic rings. The van der Waals surface area contributed by atoms with Gasteiger partial charge < -0.3 is 10.4 Å². The third-order valence-corrected chi connectivity index (χ3v) is 2.05. The molecule has 0 aromatic carbocycles. The lowest BCUT2D eigenvalue weighted by atomic mass is 10.2. The Morgan fingerprint density at radius 1 is 1.50 bits per heavy atom. The van der Waals surface area contributed by atoms with Crippen LogP contribution in [-0.2, 0) is 0 Å². The summed E-state index contributed by atoms with van der Waals surface area (Å²) in [5.41, 5.74) is 0.778. The highest BCUT2D eigenvalue weighted by atomic mass is 79.9. The SMILES string of the molecule is C=C/C(Br)=C(/NC(C)C)C(C)O. The number of allylic oxidation sites excluding steroid dienone is 2. The Balaban J connectivity index is 4.54. The molecule has 3 heteroatoms. The number of hydrogen-bond acceptors (Lipinski definition) is 2. The maximum atomic E-state index is 9.36. The van der Waals surface area contributed by atoms with Crippen molar-refractivity contribution >= 4 is 15.9 Å². The van der Waals surface area contributed by atoms with E-state index < -0.39 is 6.10 Å². The molecule has 0 bridgehead atoms. The monoisotopic (exact) mass is 233 g/mol. The zero-order valence-electron chi connectivity index (χ0n) is 7.76. The van der Waals surface area contributed by atoms with Gasteiger partial charge in [0.1, 0.15) is 0 Å². The molecule has 0 aliphatic heterocycles. The van der Waals surface area contributed by atoms with Crippen molar-refractivity contribution in [1.29, 1.82) is 0 Å². The van der Waals surface area contributed by atoms with Crippen molar-refractivity contribution in [1.82, 2.24) is 5.32 Å². The van der Waals surface area contributed by atoms with E-state index in [2.05, 4.69) is 27.8 Å². The van der Waals surface area contributed by atoms with Gasteiger partial charge in [-0.2, -0.15) is 0 Å². The molecule has 12 heavy (non-hydrogen) atoms. The number of halogens is 1. The minimum atomic E-state index is -0.500. The van der Waals surface area contributed by atoms with Crippen molar-refractivity contribution < 1.29 is 5.11 Å². The van der Waals surface area contributed by atoms with Crippen molar-refractivity contribution in [3.63, 3.8) is 0 Å². The van der Waals surface area contributed by atoms with Crippen LogP contribution in [0.15, 0.2) is 22.8 Å². The molecule has 2 N–H and O–H groups in total. The summed E-state index contributed by atoms with van der Waals surface area (Å²) in [6.07, 6.45) is 1.16. The predicted molar refractivity (Wildman–Crippen MR) is 56.1 cm³/mol. The summed E-state index contributed by atoms with van der Waals surface area (Å²) in [6, 6.07) is 0.307. The summed E-state index contributed by atoms with van der Waals surface area (Å²) in [5, 5.41) is 12.5. The van der Waals surface area contributed by atoms with Crippen LogP contribution in [0.2, 0.25) is 0 Å². The molecule has 0 aromatic heterocycles. The molecule has 0 saturated carbocycles. The molecular weight excluding hydrogens is 218 g/mol. The van der Waals surface area contributed by atoms with Crippen molar-refractivity contribution in [3.8, 4) is 0 Å². The standard InChI is InChI=1S/C9H16BrNO/c1-5-8(10)9(7(4)12)11-6(2)3/h5-7,11-12H,1H2,2-4H3/b9-8-. The maximum Gasteiger partial charge on any atom is 0.0917 e. The van der Waals surface area contributed by atoms with Crippen molar-refractivity contribution in [2.45, 2.75) is 32.9 Å². The molecule has 0 spiro atoms. The first-order chi connectivity index (χ1) is 5.49. The third kappa shape index (κ3) is 3.93. The van der Waals surface area contributed by atoms with Crippen LogP contribution in [0.25, 0.3) is 0 Å². The summed E-state index contributed by atoms with van der Waals surface area (Å²) in [6.45, 7) is 9.37. The van der Waals surface area contributed by atoms with Gasteiger partial charge in [-0.05, 0) is 36.7 Å². The Bertz CT molecular complexity index is 185. The van der Waals surface area contributed by atoms with Gasteiger partial charge in [0.25, 0.3) is 0 Å². The first-order valence-electron chi connectivity index (χ1n) is 3.95. The van der Waals surface area contributed by atoms with Gasteiger partial charge in [0, 0.05) is 10.5 Å². The highest BCUT2D eigenvalue weighted by molar-refractivity contribution is 9.11. The predicted octanol–water partition coefficient (Wildman–Crippen LogP) is 2.16. The molecule has 0 rings (SSSR count). The van der Waals surface area contributed by atoms with Gasteiger partial charge >= 0.3 is 0 Å². The summed E-state index contributed by atoms with van der Waals surface area (Å²) in [4.78, 5) is 0. The van der Waals surface area contributed by atoms with Crippen molar-refractivity contribution in [2.75, 3.05) is 0 Å². The molecule has 70 valence electrons. The lowest BCUT2D eigenvalue weighted by Crippen LogP contribution is -2.28. The summed E-state index contributed by atoms with van der Waals surface area (Å²) >= 11 is 3.31. The van der Waals surface area contributed by atoms with E-state index >= 15 is 0 Å². The Morgan fingerprint density at radius 3 is 2.25 bits per heavy atom. The summed E-state index contributed by atoms with van der Waals surface area (Å²) in [7, 11) is 0. The van der Waals surface area contributed by atoms with E-state index in [1.54, 1.807) is 13.0 Å². The second kappa shape index (κ2) is 5.38. The van der Waals surface area contributed by atoms with Crippen LogP contribution in [0.1, 0.15) is 20.8 Å². The van der Waals surface area contributed by atoms with Gasteiger partial charge in [0.2, 0.25) is 0 Å². The largest absolute Gasteiger partial charge is 0.387 e. The average Bonchev–Trinajstić information content (AvgIpc) is 1.98. The Kier molecular flexibility index (Phi) is 5.25. The summed E-state index contributed by atoms with van der Waals surface area (Å²) in [5.74, 6) is 0. The molecule has 0 amide bonds. The number of aliphatic hydroxyl groups is 1. The minimum Gasteiger partial charge on any atom is -0.387 e. The van der Waals surface area contributed by atoms with E-state index in [0.717, 1.165) is 10.2 Å². The lowest BCUT2D eigenvalue weighted by molar-refractivity contribution is 0.220. The fourth-order valence-corrected chi connectivity index (χ4v) is 1.26. The normalized spacial score (nSPS) is 15.5. The van der Waals surface area contributed by atoms with Crippen LogP contribution in [-0.4, -0.2) is 17.3 Å². The Morgan fingerprint density at radius 2 is 2.00 bits per heavy atom. The maximum absolute atomic E-state index is 9.36. The van der Waals surface area contributed by atoms with E-state index in [1.165, 1.54) is 0 Å². The van der Waals surface area contributed by atoms with Crippen LogP contribution < -0.4 is 5.32 Å². The molecule has 0 heterocycles. The minimum absolute atomic E-state index is 0.307. The third-order valence-electron chi connectivity index (χ3n) is 1.30. The zero-order valence-corrected chi connectivity index (χ0v) is 9.35. The molecule has 1 unspecified atom stereocenters. The number of hydrogen-bond donors (Lipinski definition) is 2. The number of nitrogens with one attached hydrogen (secondary N) is 1. The van der Waals surface area contributed by atoms with Gasteiger partial charge in [-0.3, -0.25) is 0 Å². The molecular formula is C9H16BrNO. The van der Waals surface area contributed by atoms with Crippen molar-refractivity contribution in [3.05, 3.63) is 22.8 Å². The molecule has 0 fully saturated rings. The lowest BCUT2D eigenvalue weighted by Gasteiger charge is -2.17. The van der Waals surface area contributed by atoms with Gasteiger partial charge in [0.05, 0.1) is 11.8 Å². The van der Waals surface area contributed by atoms with Gasteiger partial charge in [-0.25, -0.2) is 0 Å². The van der Waals surface area contributed by atoms with Gasteiger partial charge in [-0.15, -0.1) is 0 Å². The van der Waals surface area contributed by atoms with Gasteiger partial charge in [0.15, 0.2) is 0 Å². The Labute approximate surface area is 82.5 Å². The molecule has 0 aliphatic carbocycles. The van der Waals surface area contributed by atoms with Crippen LogP contribution in [0.4, 0.5) is 0 Å². The number of rotatable bonds is 4. The highest BCUT2D eigenvalue weighted by Crippen LogP contribution is 2.14.